The summed E-state index contributed by atoms with van der Waals surface area (Å²) in [7, 11) is 1.23. The van der Waals surface area contributed by atoms with E-state index in [0.29, 0.717) is 22.9 Å². The Hall–Kier alpha value is -1.62. The summed E-state index contributed by atoms with van der Waals surface area (Å²) in [5.41, 5.74) is 2.05. The fourth-order valence-electron chi connectivity index (χ4n) is 2.85. The largest absolute Gasteiger partial charge is 0.469 e. The average Bonchev–Trinajstić information content (AvgIpc) is 2.53. The Morgan fingerprint density at radius 3 is 2.60 bits per heavy atom. The third kappa shape index (κ3) is 5.18. The third-order valence-electron chi connectivity index (χ3n) is 4.14. The van der Waals surface area contributed by atoms with Gasteiger partial charge in [-0.3, -0.25) is 9.59 Å². The zero-order valence-electron chi connectivity index (χ0n) is 14.1. The van der Waals surface area contributed by atoms with E-state index in [-0.39, 0.29) is 18.6 Å². The number of hydrogen-bond acceptors (Lipinski definition) is 4. The molecule has 0 fully saturated rings. The number of methoxy groups -OCH3 is 1. The Morgan fingerprint density at radius 1 is 1.20 bits per heavy atom. The Bertz CT molecular complexity index is 802. The lowest BCUT2D eigenvalue weighted by atomic mass is 9.94. The lowest BCUT2D eigenvalue weighted by Gasteiger charge is -2.15. The van der Waals surface area contributed by atoms with Crippen LogP contribution in [0.4, 0.5) is 0 Å². The number of ketones is 1. The Morgan fingerprint density at radius 2 is 1.92 bits per heavy atom. The van der Waals surface area contributed by atoms with Gasteiger partial charge in [-0.05, 0) is 54.5 Å². The van der Waals surface area contributed by atoms with Gasteiger partial charge < -0.3 is 9.84 Å². The molecule has 0 heterocycles. The van der Waals surface area contributed by atoms with Crippen molar-refractivity contribution >= 4 is 45.7 Å². The number of benzene rings is 2. The van der Waals surface area contributed by atoms with E-state index in [1.165, 1.54) is 7.11 Å². The molecule has 134 valence electrons. The summed E-state index contributed by atoms with van der Waals surface area (Å²) in [5, 5.41) is 13.2. The first-order valence-corrected chi connectivity index (χ1v) is 8.71. The van der Waals surface area contributed by atoms with Gasteiger partial charge in [0.2, 0.25) is 0 Å². The molecule has 1 unspecified atom stereocenters. The average molecular weight is 383 g/mol. The maximum absolute atomic E-state index is 11.7. The van der Waals surface area contributed by atoms with Crippen LogP contribution in [0.25, 0.3) is 10.8 Å². The van der Waals surface area contributed by atoms with Crippen molar-refractivity contribution in [2.75, 3.05) is 7.11 Å². The molecule has 0 aromatic heterocycles. The maximum Gasteiger partial charge on any atom is 0.313 e. The van der Waals surface area contributed by atoms with Crippen molar-refractivity contribution in [2.45, 2.75) is 38.7 Å². The zero-order chi connectivity index (χ0) is 18.6. The molecule has 0 bridgehead atoms. The number of halogens is 2. The summed E-state index contributed by atoms with van der Waals surface area (Å²) in [4.78, 5) is 22.8. The number of Topliss-reactive ketones (excluding diaryl/α,β-unsaturated/α-hetero) is 1. The first kappa shape index (κ1) is 19.7. The first-order chi connectivity index (χ1) is 11.8. The van der Waals surface area contributed by atoms with Crippen LogP contribution in [0.5, 0.6) is 0 Å². The summed E-state index contributed by atoms with van der Waals surface area (Å²) in [6, 6.07) is 7.41. The van der Waals surface area contributed by atoms with Crippen LogP contribution >= 0.6 is 23.2 Å². The van der Waals surface area contributed by atoms with Gasteiger partial charge in [-0.25, -0.2) is 0 Å². The zero-order valence-corrected chi connectivity index (χ0v) is 15.7. The minimum absolute atomic E-state index is 0.0690. The predicted molar refractivity (Wildman–Crippen MR) is 99.3 cm³/mol. The number of aryl methyl sites for hydroxylation is 2. The van der Waals surface area contributed by atoms with Crippen molar-refractivity contribution in [1.82, 2.24) is 0 Å². The van der Waals surface area contributed by atoms with Crippen LogP contribution in [0.15, 0.2) is 24.3 Å². The van der Waals surface area contributed by atoms with Gasteiger partial charge in [0.15, 0.2) is 0 Å². The van der Waals surface area contributed by atoms with Gasteiger partial charge >= 0.3 is 5.97 Å². The SMILES string of the molecule is COC(=O)CC(=O)CC(O)CCc1c(C)cc(Cl)c2ccc(Cl)cc12. The number of esters is 1. The van der Waals surface area contributed by atoms with Crippen molar-refractivity contribution in [3.63, 3.8) is 0 Å². The van der Waals surface area contributed by atoms with Gasteiger partial charge in [0.1, 0.15) is 12.2 Å². The molecule has 0 radical (unpaired) electrons. The molecule has 1 N–H and O–H groups in total. The molecule has 0 spiro atoms. The minimum Gasteiger partial charge on any atom is -0.469 e. The van der Waals surface area contributed by atoms with Crippen LogP contribution in [0.1, 0.15) is 30.4 Å². The smallest absolute Gasteiger partial charge is 0.313 e. The van der Waals surface area contributed by atoms with Crippen molar-refractivity contribution in [3.05, 3.63) is 45.4 Å². The Labute approximate surface area is 156 Å². The normalized spacial score (nSPS) is 12.2. The molecule has 0 aliphatic heterocycles. The van der Waals surface area contributed by atoms with Crippen molar-refractivity contribution in [1.29, 1.82) is 0 Å². The molecule has 25 heavy (non-hydrogen) atoms. The second kappa shape index (κ2) is 8.65. The van der Waals surface area contributed by atoms with E-state index in [0.717, 1.165) is 21.9 Å². The minimum atomic E-state index is -0.818. The Kier molecular flexibility index (Phi) is 6.82. The third-order valence-corrected chi connectivity index (χ3v) is 4.69. The second-order valence-corrected chi connectivity index (χ2v) is 6.88. The van der Waals surface area contributed by atoms with E-state index in [9.17, 15) is 14.7 Å². The summed E-state index contributed by atoms with van der Waals surface area (Å²) >= 11 is 12.4. The first-order valence-electron chi connectivity index (χ1n) is 7.95. The molecule has 6 heteroatoms. The highest BCUT2D eigenvalue weighted by Gasteiger charge is 2.16. The van der Waals surface area contributed by atoms with Crippen LogP contribution < -0.4 is 0 Å². The number of aliphatic hydroxyl groups excluding tert-OH is 1. The maximum atomic E-state index is 11.7. The summed E-state index contributed by atoms with van der Waals surface area (Å²) < 4.78 is 4.45. The molecule has 2 aromatic carbocycles. The number of carbonyl (C=O) groups is 2. The molecule has 0 aliphatic carbocycles. The van der Waals surface area contributed by atoms with Crippen molar-refractivity contribution in [2.24, 2.45) is 0 Å². The molecule has 0 aliphatic rings. The summed E-state index contributed by atoms with van der Waals surface area (Å²) in [6.45, 7) is 1.95. The van der Waals surface area contributed by atoms with Crippen LogP contribution in [0.3, 0.4) is 0 Å². The summed E-state index contributed by atoms with van der Waals surface area (Å²) in [6.07, 6.45) is -0.225. The highest BCUT2D eigenvalue weighted by Crippen LogP contribution is 2.32. The van der Waals surface area contributed by atoms with E-state index in [4.69, 9.17) is 23.2 Å². The fraction of sp³-hybridized carbons (Fsp3) is 0.368. The van der Waals surface area contributed by atoms with Crippen LogP contribution in [-0.2, 0) is 20.7 Å². The quantitative estimate of drug-likeness (QED) is 0.573. The highest BCUT2D eigenvalue weighted by molar-refractivity contribution is 6.36. The van der Waals surface area contributed by atoms with Crippen LogP contribution in [0.2, 0.25) is 10.0 Å². The number of carbonyl (C=O) groups excluding carboxylic acids is 2. The van der Waals surface area contributed by atoms with E-state index >= 15 is 0 Å². The molecule has 4 nitrogen and oxygen atoms in total. The van der Waals surface area contributed by atoms with Gasteiger partial charge in [-0.15, -0.1) is 0 Å². The van der Waals surface area contributed by atoms with Gasteiger partial charge in [0.05, 0.1) is 13.2 Å². The van der Waals surface area contributed by atoms with Crippen LogP contribution in [0, 0.1) is 6.92 Å². The number of ether oxygens (including phenoxy) is 1. The van der Waals surface area contributed by atoms with Gasteiger partial charge in [0.25, 0.3) is 0 Å². The molecular formula is C19H20Cl2O4. The van der Waals surface area contributed by atoms with E-state index in [1.807, 2.05) is 25.1 Å². The van der Waals surface area contributed by atoms with E-state index < -0.39 is 12.1 Å². The van der Waals surface area contributed by atoms with Crippen LogP contribution in [-0.4, -0.2) is 30.1 Å². The highest BCUT2D eigenvalue weighted by atomic mass is 35.5. The molecule has 2 rings (SSSR count). The van der Waals surface area contributed by atoms with Gasteiger partial charge in [0, 0.05) is 21.9 Å². The number of aliphatic hydroxyl groups is 1. The monoisotopic (exact) mass is 382 g/mol. The number of rotatable bonds is 7. The van der Waals surface area contributed by atoms with Gasteiger partial charge in [-0.1, -0.05) is 29.3 Å². The lowest BCUT2D eigenvalue weighted by molar-refractivity contribution is -0.143. The standard InChI is InChI=1S/C19H20Cl2O4/c1-11-7-18(21)16-5-3-12(20)8-17(16)15(11)6-4-13(22)9-14(23)10-19(24)25-2/h3,5,7-8,13,22H,4,6,9-10H2,1-2H3. The summed E-state index contributed by atoms with van der Waals surface area (Å²) in [5.74, 6) is -0.925. The van der Waals surface area contributed by atoms with Crippen molar-refractivity contribution in [3.8, 4) is 0 Å². The predicted octanol–water partition coefficient (Wildman–Crippen LogP) is 4.27. The molecule has 1 atom stereocenters. The number of hydrogen-bond donors (Lipinski definition) is 1. The fourth-order valence-corrected chi connectivity index (χ4v) is 3.36. The van der Waals surface area contributed by atoms with Gasteiger partial charge in [-0.2, -0.15) is 0 Å². The molecule has 2 aromatic rings. The molecular weight excluding hydrogens is 363 g/mol. The number of fused-ring (bicyclic) bond motifs is 1. The molecule has 0 amide bonds. The second-order valence-electron chi connectivity index (χ2n) is 6.03. The Balaban J connectivity index is 2.11. The molecule has 0 saturated heterocycles. The van der Waals surface area contributed by atoms with E-state index in [1.54, 1.807) is 6.07 Å². The lowest BCUT2D eigenvalue weighted by Crippen LogP contribution is -2.17. The topological polar surface area (TPSA) is 63.6 Å². The van der Waals surface area contributed by atoms with Crippen molar-refractivity contribution < 1.29 is 19.4 Å². The van der Waals surface area contributed by atoms with E-state index in [2.05, 4.69) is 4.74 Å². The molecule has 0 saturated carbocycles.